The van der Waals surface area contributed by atoms with E-state index < -0.39 is 0 Å². The fourth-order valence-electron chi connectivity index (χ4n) is 2.15. The van der Waals surface area contributed by atoms with E-state index in [1.54, 1.807) is 23.4 Å². The lowest BCUT2D eigenvalue weighted by Gasteiger charge is -2.19. The smallest absolute Gasteiger partial charge is 0.166 e. The molecule has 1 aliphatic heterocycles. The van der Waals surface area contributed by atoms with Gasteiger partial charge in [0.2, 0.25) is 0 Å². The largest absolute Gasteiger partial charge is 0.393 e. The molecule has 0 saturated carbocycles. The first-order valence-corrected chi connectivity index (χ1v) is 5.70. The van der Waals surface area contributed by atoms with Crippen LogP contribution in [0.15, 0.2) is 25.0 Å². The number of hydrogen-bond acceptors (Lipinski definition) is 5. The zero-order chi connectivity index (χ0) is 11.7. The molecule has 0 spiro atoms. The Morgan fingerprint density at radius 2 is 1.88 bits per heavy atom. The highest BCUT2D eigenvalue weighted by Gasteiger charge is 2.18. The van der Waals surface area contributed by atoms with E-state index >= 15 is 0 Å². The summed E-state index contributed by atoms with van der Waals surface area (Å²) in [5, 5.41) is 0. The molecule has 17 heavy (non-hydrogen) atoms. The molecule has 0 atom stereocenters. The summed E-state index contributed by atoms with van der Waals surface area (Å²) < 4.78 is 1.80. The summed E-state index contributed by atoms with van der Waals surface area (Å²) in [4.78, 5) is 14.7. The first-order chi connectivity index (χ1) is 8.36. The van der Waals surface area contributed by atoms with Gasteiger partial charge >= 0.3 is 0 Å². The van der Waals surface area contributed by atoms with Gasteiger partial charge in [0, 0.05) is 25.5 Å². The van der Waals surface area contributed by atoms with Crippen molar-refractivity contribution >= 4 is 11.5 Å². The van der Waals surface area contributed by atoms with Crippen LogP contribution in [0, 0.1) is 0 Å². The normalized spacial score (nSPS) is 15.4. The van der Waals surface area contributed by atoms with Crippen LogP contribution in [-0.2, 0) is 0 Å². The summed E-state index contributed by atoms with van der Waals surface area (Å²) >= 11 is 0. The van der Waals surface area contributed by atoms with Gasteiger partial charge in [-0.05, 0) is 12.8 Å². The van der Waals surface area contributed by atoms with Crippen molar-refractivity contribution in [1.29, 1.82) is 0 Å². The number of nitrogens with two attached hydrogens (primary N) is 1. The summed E-state index contributed by atoms with van der Waals surface area (Å²) in [5.41, 5.74) is 6.76. The van der Waals surface area contributed by atoms with Crippen molar-refractivity contribution < 1.29 is 0 Å². The third-order valence-corrected chi connectivity index (χ3v) is 3.00. The van der Waals surface area contributed by atoms with Gasteiger partial charge in [-0.25, -0.2) is 15.0 Å². The maximum absolute atomic E-state index is 6.14. The Bertz CT molecular complexity index is 501. The standard InChI is InChI=1S/C11H14N6/c12-9-10(16-4-1-2-5-16)14-7-15-11(9)17-6-3-13-8-17/h3,6-8H,1-2,4-5,12H2. The van der Waals surface area contributed by atoms with Crippen LogP contribution in [0.5, 0.6) is 0 Å². The van der Waals surface area contributed by atoms with Crippen LogP contribution in [0.3, 0.4) is 0 Å². The number of aromatic nitrogens is 4. The Labute approximate surface area is 99.1 Å². The third-order valence-electron chi connectivity index (χ3n) is 3.00. The van der Waals surface area contributed by atoms with Crippen LogP contribution in [-0.4, -0.2) is 32.6 Å². The molecule has 0 unspecified atom stereocenters. The van der Waals surface area contributed by atoms with Crippen molar-refractivity contribution in [1.82, 2.24) is 19.5 Å². The van der Waals surface area contributed by atoms with Crippen molar-refractivity contribution in [3.63, 3.8) is 0 Å². The number of nitrogens with zero attached hydrogens (tertiary/aromatic N) is 5. The van der Waals surface area contributed by atoms with Crippen molar-refractivity contribution in [2.75, 3.05) is 23.7 Å². The predicted octanol–water partition coefficient (Wildman–Crippen LogP) is 0.845. The number of anilines is 2. The van der Waals surface area contributed by atoms with Gasteiger partial charge in [-0.2, -0.15) is 0 Å². The topological polar surface area (TPSA) is 72.9 Å². The third kappa shape index (κ3) is 1.71. The lowest BCUT2D eigenvalue weighted by molar-refractivity contribution is 0.909. The molecule has 2 aromatic rings. The van der Waals surface area contributed by atoms with Gasteiger partial charge < -0.3 is 10.6 Å². The van der Waals surface area contributed by atoms with Crippen LogP contribution in [0.25, 0.3) is 5.82 Å². The summed E-state index contributed by atoms with van der Waals surface area (Å²) in [5.74, 6) is 1.53. The van der Waals surface area contributed by atoms with Gasteiger partial charge in [0.05, 0.1) is 0 Å². The molecule has 0 radical (unpaired) electrons. The monoisotopic (exact) mass is 230 g/mol. The second-order valence-electron chi connectivity index (χ2n) is 4.10. The first kappa shape index (κ1) is 10.1. The van der Waals surface area contributed by atoms with Crippen LogP contribution >= 0.6 is 0 Å². The average Bonchev–Trinajstić information content (AvgIpc) is 3.02. The van der Waals surface area contributed by atoms with E-state index in [0.29, 0.717) is 11.5 Å². The molecule has 3 rings (SSSR count). The molecule has 3 heterocycles. The van der Waals surface area contributed by atoms with E-state index in [1.165, 1.54) is 12.8 Å². The highest BCUT2D eigenvalue weighted by Crippen LogP contribution is 2.27. The van der Waals surface area contributed by atoms with E-state index in [0.717, 1.165) is 18.9 Å². The van der Waals surface area contributed by atoms with Gasteiger partial charge in [-0.15, -0.1) is 0 Å². The van der Waals surface area contributed by atoms with Crippen LogP contribution in [0.2, 0.25) is 0 Å². The molecule has 6 heteroatoms. The summed E-state index contributed by atoms with van der Waals surface area (Å²) in [7, 11) is 0. The van der Waals surface area contributed by atoms with Crippen molar-refractivity contribution in [2.45, 2.75) is 12.8 Å². The molecule has 0 bridgehead atoms. The average molecular weight is 230 g/mol. The Morgan fingerprint density at radius 3 is 2.59 bits per heavy atom. The van der Waals surface area contributed by atoms with E-state index in [9.17, 15) is 0 Å². The maximum atomic E-state index is 6.14. The zero-order valence-corrected chi connectivity index (χ0v) is 9.45. The minimum Gasteiger partial charge on any atom is -0.393 e. The Hall–Kier alpha value is -2.11. The molecule has 0 aliphatic carbocycles. The van der Waals surface area contributed by atoms with Crippen LogP contribution < -0.4 is 10.6 Å². The molecule has 0 amide bonds. The van der Waals surface area contributed by atoms with Crippen molar-refractivity contribution in [3.8, 4) is 5.82 Å². The molecule has 2 N–H and O–H groups in total. The lowest BCUT2D eigenvalue weighted by atomic mass is 10.4. The fourth-order valence-corrected chi connectivity index (χ4v) is 2.15. The van der Waals surface area contributed by atoms with Gasteiger partial charge in [-0.1, -0.05) is 0 Å². The second kappa shape index (κ2) is 4.04. The molecule has 2 aromatic heterocycles. The first-order valence-electron chi connectivity index (χ1n) is 5.70. The van der Waals surface area contributed by atoms with Crippen molar-refractivity contribution in [2.24, 2.45) is 0 Å². The van der Waals surface area contributed by atoms with E-state index in [-0.39, 0.29) is 0 Å². The molecule has 1 aliphatic rings. The number of nitrogen functional groups attached to an aromatic ring is 1. The van der Waals surface area contributed by atoms with E-state index in [2.05, 4.69) is 19.9 Å². The number of hydrogen-bond donors (Lipinski definition) is 1. The molecule has 1 saturated heterocycles. The van der Waals surface area contributed by atoms with Gasteiger partial charge in [-0.3, -0.25) is 4.57 Å². The maximum Gasteiger partial charge on any atom is 0.166 e. The minimum absolute atomic E-state index is 0.618. The van der Waals surface area contributed by atoms with Gasteiger partial charge in [0.25, 0.3) is 0 Å². The lowest BCUT2D eigenvalue weighted by Crippen LogP contribution is -2.21. The number of rotatable bonds is 2. The Morgan fingerprint density at radius 1 is 1.12 bits per heavy atom. The Balaban J connectivity index is 2.03. The summed E-state index contributed by atoms with van der Waals surface area (Å²) in [6.45, 7) is 2.04. The zero-order valence-electron chi connectivity index (χ0n) is 9.45. The van der Waals surface area contributed by atoms with E-state index in [1.807, 2.05) is 6.20 Å². The summed E-state index contributed by atoms with van der Waals surface area (Å²) in [6, 6.07) is 0. The highest BCUT2D eigenvalue weighted by molar-refractivity contribution is 5.70. The minimum atomic E-state index is 0.618. The van der Waals surface area contributed by atoms with Gasteiger partial charge in [0.15, 0.2) is 11.6 Å². The molecular formula is C11H14N6. The molecule has 88 valence electrons. The van der Waals surface area contributed by atoms with Crippen LogP contribution in [0.4, 0.5) is 11.5 Å². The molecule has 0 aromatic carbocycles. The Kier molecular flexibility index (Phi) is 2.40. The second-order valence-corrected chi connectivity index (χ2v) is 4.10. The van der Waals surface area contributed by atoms with E-state index in [4.69, 9.17) is 5.73 Å². The molecule has 6 nitrogen and oxygen atoms in total. The summed E-state index contributed by atoms with van der Waals surface area (Å²) in [6.07, 6.45) is 9.17. The molecular weight excluding hydrogens is 216 g/mol. The molecule has 1 fully saturated rings. The van der Waals surface area contributed by atoms with Crippen molar-refractivity contribution in [3.05, 3.63) is 25.0 Å². The SMILES string of the molecule is Nc1c(N2CCCC2)ncnc1-n1ccnc1. The quantitative estimate of drug-likeness (QED) is 0.827. The van der Waals surface area contributed by atoms with Gasteiger partial charge in [0.1, 0.15) is 18.3 Å². The predicted molar refractivity (Wildman–Crippen MR) is 65.0 cm³/mol. The number of imidazole rings is 1. The highest BCUT2D eigenvalue weighted by atomic mass is 15.2. The fraction of sp³-hybridized carbons (Fsp3) is 0.364. The van der Waals surface area contributed by atoms with Crippen LogP contribution in [0.1, 0.15) is 12.8 Å².